The first-order valence-electron chi connectivity index (χ1n) is 6.27. The van der Waals surface area contributed by atoms with Crippen LogP contribution in [0.3, 0.4) is 0 Å². The van der Waals surface area contributed by atoms with Gasteiger partial charge in [-0.15, -0.1) is 0 Å². The highest BCUT2D eigenvalue weighted by atomic mass is 19.1. The number of nitrogens with zero attached hydrogens (tertiary/aromatic N) is 3. The number of rotatable bonds is 2. The average molecular weight is 299 g/mol. The summed E-state index contributed by atoms with van der Waals surface area (Å²) in [5.74, 6) is -1.02. The van der Waals surface area contributed by atoms with Gasteiger partial charge in [0.05, 0.1) is 22.9 Å². The lowest BCUT2D eigenvalue weighted by atomic mass is 10.2. The molecule has 2 aromatic heterocycles. The van der Waals surface area contributed by atoms with Crippen LogP contribution in [0.5, 0.6) is 0 Å². The molecule has 22 heavy (non-hydrogen) atoms. The fraction of sp³-hybridized carbons (Fsp3) is 0. The van der Waals surface area contributed by atoms with Gasteiger partial charge >= 0.3 is 0 Å². The molecule has 2 heterocycles. The number of hydrogen-bond donors (Lipinski definition) is 2. The number of halogens is 1. The Kier molecular flexibility index (Phi) is 3.30. The molecule has 3 rings (SSSR count). The van der Waals surface area contributed by atoms with E-state index in [0.717, 1.165) is 0 Å². The molecule has 2 N–H and O–H groups in total. The summed E-state index contributed by atoms with van der Waals surface area (Å²) in [5.41, 5.74) is 0.716. The maximum Gasteiger partial charge on any atom is 0.181 e. The minimum atomic E-state index is -0.560. The Balaban J connectivity index is 2.17. The van der Waals surface area contributed by atoms with E-state index in [4.69, 9.17) is 5.11 Å². The molecule has 0 aliphatic rings. The quantitative estimate of drug-likeness (QED) is 0.709. The topological polar surface area (TPSA) is 88.2 Å². The molecular formula is C15H10FN3O3. The third-order valence-corrected chi connectivity index (χ3v) is 3.07. The molecule has 1 aromatic carbocycles. The monoisotopic (exact) mass is 299 g/mol. The SMILES string of the molecule is O=c1ccn(-c2cc3ncc(C(O)=CO)nc3cc2F)cc1. The van der Waals surface area contributed by atoms with Crippen LogP contribution in [0.1, 0.15) is 5.69 Å². The lowest BCUT2D eigenvalue weighted by Gasteiger charge is -2.09. The van der Waals surface area contributed by atoms with Crippen LogP contribution in [-0.4, -0.2) is 24.7 Å². The first kappa shape index (κ1) is 13.7. The molecule has 3 aromatic rings. The second-order valence-corrected chi connectivity index (χ2v) is 4.50. The van der Waals surface area contributed by atoms with Gasteiger partial charge in [-0.3, -0.25) is 9.78 Å². The molecule has 0 aliphatic heterocycles. The van der Waals surface area contributed by atoms with Crippen molar-refractivity contribution < 1.29 is 14.6 Å². The second kappa shape index (κ2) is 5.28. The molecule has 0 aliphatic carbocycles. The molecule has 0 saturated carbocycles. The first-order valence-corrected chi connectivity index (χ1v) is 6.27. The summed E-state index contributed by atoms with van der Waals surface area (Å²) in [5, 5.41) is 18.1. The van der Waals surface area contributed by atoms with Gasteiger partial charge in [0.25, 0.3) is 0 Å². The van der Waals surface area contributed by atoms with E-state index in [1.54, 1.807) is 0 Å². The van der Waals surface area contributed by atoms with Gasteiger partial charge in [-0.1, -0.05) is 0 Å². The maximum absolute atomic E-state index is 14.2. The number of fused-ring (bicyclic) bond motifs is 1. The van der Waals surface area contributed by atoms with Crippen molar-refractivity contribution in [1.29, 1.82) is 0 Å². The third kappa shape index (κ3) is 2.39. The highest BCUT2D eigenvalue weighted by molar-refractivity contribution is 5.78. The van der Waals surface area contributed by atoms with E-state index in [2.05, 4.69) is 9.97 Å². The van der Waals surface area contributed by atoms with E-state index in [9.17, 15) is 14.3 Å². The number of hydrogen-bond acceptors (Lipinski definition) is 5. The standard InChI is InChI=1S/C15H10FN3O3/c16-10-5-12-11(17-7-13(18-12)15(22)8-20)6-14(10)19-3-1-9(21)2-4-19/h1-8,20,22H. The highest BCUT2D eigenvalue weighted by Gasteiger charge is 2.10. The van der Waals surface area contributed by atoms with Crippen molar-refractivity contribution in [2.75, 3.05) is 0 Å². The number of aliphatic hydroxyl groups excluding tert-OH is 2. The Labute approximate surface area is 123 Å². The summed E-state index contributed by atoms with van der Waals surface area (Å²) in [6, 6.07) is 5.29. The molecule has 0 bridgehead atoms. The van der Waals surface area contributed by atoms with Crippen molar-refractivity contribution in [2.24, 2.45) is 0 Å². The largest absolute Gasteiger partial charge is 0.512 e. The van der Waals surface area contributed by atoms with Gasteiger partial charge in [0.15, 0.2) is 11.2 Å². The molecule has 0 fully saturated rings. The van der Waals surface area contributed by atoms with Gasteiger partial charge in [0, 0.05) is 30.6 Å². The average Bonchev–Trinajstić information content (AvgIpc) is 2.54. The van der Waals surface area contributed by atoms with E-state index in [-0.39, 0.29) is 22.3 Å². The van der Waals surface area contributed by atoms with Crippen molar-refractivity contribution in [3.8, 4) is 5.69 Å². The van der Waals surface area contributed by atoms with E-state index >= 15 is 0 Å². The predicted octanol–water partition coefficient (Wildman–Crippen LogP) is 2.33. The van der Waals surface area contributed by atoms with Crippen LogP contribution in [0.15, 0.2) is 53.9 Å². The molecule has 0 radical (unpaired) electrons. The van der Waals surface area contributed by atoms with Crippen LogP contribution in [0.4, 0.5) is 4.39 Å². The third-order valence-electron chi connectivity index (χ3n) is 3.07. The van der Waals surface area contributed by atoms with Crippen molar-refractivity contribution in [3.05, 3.63) is 70.9 Å². The molecule has 0 atom stereocenters. The Morgan fingerprint density at radius 2 is 1.95 bits per heavy atom. The number of aromatic nitrogens is 3. The maximum atomic E-state index is 14.2. The summed E-state index contributed by atoms with van der Waals surface area (Å²) >= 11 is 0. The van der Waals surface area contributed by atoms with E-state index in [1.807, 2.05) is 0 Å². The fourth-order valence-corrected chi connectivity index (χ4v) is 1.98. The molecule has 0 saturated heterocycles. The lowest BCUT2D eigenvalue weighted by Crippen LogP contribution is -2.04. The predicted molar refractivity (Wildman–Crippen MR) is 78.3 cm³/mol. The summed E-state index contributed by atoms with van der Waals surface area (Å²) in [4.78, 5) is 19.2. The Morgan fingerprint density at radius 3 is 2.64 bits per heavy atom. The highest BCUT2D eigenvalue weighted by Crippen LogP contribution is 2.20. The zero-order valence-corrected chi connectivity index (χ0v) is 11.1. The van der Waals surface area contributed by atoms with Gasteiger partial charge in [-0.05, 0) is 6.07 Å². The van der Waals surface area contributed by atoms with Crippen LogP contribution in [0.2, 0.25) is 0 Å². The molecular weight excluding hydrogens is 289 g/mol. The zero-order valence-electron chi connectivity index (χ0n) is 11.1. The van der Waals surface area contributed by atoms with Crippen LogP contribution < -0.4 is 5.43 Å². The van der Waals surface area contributed by atoms with Crippen molar-refractivity contribution in [1.82, 2.24) is 14.5 Å². The summed E-state index contributed by atoms with van der Waals surface area (Å²) in [6.07, 6.45) is 4.65. The van der Waals surface area contributed by atoms with Crippen LogP contribution in [0.25, 0.3) is 22.5 Å². The number of benzene rings is 1. The molecule has 0 spiro atoms. The Morgan fingerprint density at radius 1 is 1.23 bits per heavy atom. The molecule has 0 unspecified atom stereocenters. The second-order valence-electron chi connectivity index (χ2n) is 4.50. The van der Waals surface area contributed by atoms with Crippen LogP contribution in [-0.2, 0) is 0 Å². The normalized spacial score (nSPS) is 11.8. The smallest absolute Gasteiger partial charge is 0.181 e. The van der Waals surface area contributed by atoms with Gasteiger partial charge in [0.2, 0.25) is 0 Å². The summed E-state index contributed by atoms with van der Waals surface area (Å²) in [6.45, 7) is 0. The van der Waals surface area contributed by atoms with Gasteiger partial charge in [0.1, 0.15) is 17.8 Å². The minimum Gasteiger partial charge on any atom is -0.512 e. The number of pyridine rings is 1. The summed E-state index contributed by atoms with van der Waals surface area (Å²) < 4.78 is 15.7. The Bertz CT molecular complexity index is 930. The van der Waals surface area contributed by atoms with Crippen LogP contribution in [0, 0.1) is 5.82 Å². The molecule has 110 valence electrons. The van der Waals surface area contributed by atoms with Crippen molar-refractivity contribution in [3.63, 3.8) is 0 Å². The van der Waals surface area contributed by atoms with Gasteiger partial charge in [-0.25, -0.2) is 9.37 Å². The van der Waals surface area contributed by atoms with Gasteiger partial charge < -0.3 is 14.8 Å². The summed E-state index contributed by atoms with van der Waals surface area (Å²) in [7, 11) is 0. The number of aliphatic hydroxyl groups is 2. The molecule has 0 amide bonds. The van der Waals surface area contributed by atoms with E-state index in [1.165, 1.54) is 47.4 Å². The van der Waals surface area contributed by atoms with Crippen LogP contribution >= 0.6 is 0 Å². The van der Waals surface area contributed by atoms with E-state index in [0.29, 0.717) is 11.8 Å². The minimum absolute atomic E-state index is 0.0329. The lowest BCUT2D eigenvalue weighted by molar-refractivity contribution is 0.430. The van der Waals surface area contributed by atoms with Gasteiger partial charge in [-0.2, -0.15) is 0 Å². The fourth-order valence-electron chi connectivity index (χ4n) is 1.98. The molecule has 7 heteroatoms. The van der Waals surface area contributed by atoms with Crippen molar-refractivity contribution in [2.45, 2.75) is 0 Å². The van der Waals surface area contributed by atoms with E-state index < -0.39 is 11.6 Å². The first-order chi connectivity index (χ1) is 10.6. The van der Waals surface area contributed by atoms with Crippen molar-refractivity contribution >= 4 is 16.8 Å². The molecule has 6 nitrogen and oxygen atoms in total. The Hall–Kier alpha value is -3.22. The zero-order chi connectivity index (χ0) is 15.7.